The molecule has 3 aromatic rings. The van der Waals surface area contributed by atoms with E-state index in [0.717, 1.165) is 29.1 Å². The molecule has 0 aliphatic carbocycles. The van der Waals surface area contributed by atoms with E-state index in [0.29, 0.717) is 0 Å². The van der Waals surface area contributed by atoms with Gasteiger partial charge in [-0.1, -0.05) is 30.3 Å². The summed E-state index contributed by atoms with van der Waals surface area (Å²) in [6.07, 6.45) is 1.67. The standard InChI is InChI=1S/C16H17N3S/c1-3-19(4-2)15-13-10-14(12-8-6-5-7-9-12)20-16(13)18-11-17-15/h5-11H,3-4H2,1-2H3. The van der Waals surface area contributed by atoms with Crippen LogP contribution in [0, 0.1) is 0 Å². The Balaban J connectivity index is 2.14. The van der Waals surface area contributed by atoms with Gasteiger partial charge >= 0.3 is 0 Å². The minimum Gasteiger partial charge on any atom is -0.357 e. The normalized spacial score (nSPS) is 10.9. The third-order valence-electron chi connectivity index (χ3n) is 3.43. The third kappa shape index (κ3) is 2.27. The van der Waals surface area contributed by atoms with Crippen LogP contribution < -0.4 is 4.90 Å². The SMILES string of the molecule is CCN(CC)c1ncnc2sc(-c3ccccc3)cc12. The summed E-state index contributed by atoms with van der Waals surface area (Å²) in [5.41, 5.74) is 1.24. The van der Waals surface area contributed by atoms with Crippen LogP contribution in [0.4, 0.5) is 5.82 Å². The van der Waals surface area contributed by atoms with Crippen molar-refractivity contribution in [3.63, 3.8) is 0 Å². The number of thiophene rings is 1. The van der Waals surface area contributed by atoms with Gasteiger partial charge in [0, 0.05) is 18.0 Å². The number of benzene rings is 1. The molecule has 0 saturated carbocycles. The van der Waals surface area contributed by atoms with E-state index in [1.165, 1.54) is 10.4 Å². The molecule has 0 bridgehead atoms. The van der Waals surface area contributed by atoms with Gasteiger partial charge in [-0.2, -0.15) is 0 Å². The second-order valence-corrected chi connectivity index (χ2v) is 5.60. The van der Waals surface area contributed by atoms with Crippen molar-refractivity contribution in [2.24, 2.45) is 0 Å². The lowest BCUT2D eigenvalue weighted by Gasteiger charge is -2.19. The molecule has 0 saturated heterocycles. The Labute approximate surface area is 122 Å². The van der Waals surface area contributed by atoms with Crippen LogP contribution in [0.3, 0.4) is 0 Å². The van der Waals surface area contributed by atoms with Gasteiger partial charge in [-0.25, -0.2) is 9.97 Å². The number of hydrogen-bond donors (Lipinski definition) is 0. The van der Waals surface area contributed by atoms with Gasteiger partial charge in [0.05, 0.1) is 5.39 Å². The maximum atomic E-state index is 4.48. The molecule has 2 aromatic heterocycles. The van der Waals surface area contributed by atoms with Crippen molar-refractivity contribution in [2.75, 3.05) is 18.0 Å². The van der Waals surface area contributed by atoms with E-state index in [-0.39, 0.29) is 0 Å². The summed E-state index contributed by atoms with van der Waals surface area (Å²) in [6.45, 7) is 6.22. The lowest BCUT2D eigenvalue weighted by atomic mass is 10.2. The molecule has 0 N–H and O–H groups in total. The van der Waals surface area contributed by atoms with E-state index in [2.05, 4.69) is 59.0 Å². The maximum Gasteiger partial charge on any atom is 0.140 e. The average molecular weight is 283 g/mol. The molecule has 4 heteroatoms. The molecule has 20 heavy (non-hydrogen) atoms. The van der Waals surface area contributed by atoms with Crippen LogP contribution in [-0.4, -0.2) is 23.1 Å². The summed E-state index contributed by atoms with van der Waals surface area (Å²) in [7, 11) is 0. The molecule has 0 aliphatic rings. The van der Waals surface area contributed by atoms with E-state index in [4.69, 9.17) is 0 Å². The van der Waals surface area contributed by atoms with E-state index < -0.39 is 0 Å². The topological polar surface area (TPSA) is 29.0 Å². The highest BCUT2D eigenvalue weighted by Gasteiger charge is 2.13. The van der Waals surface area contributed by atoms with Crippen molar-refractivity contribution in [1.82, 2.24) is 9.97 Å². The smallest absolute Gasteiger partial charge is 0.140 e. The summed E-state index contributed by atoms with van der Waals surface area (Å²) in [6, 6.07) is 12.7. The fourth-order valence-corrected chi connectivity index (χ4v) is 3.36. The largest absolute Gasteiger partial charge is 0.357 e. The fourth-order valence-electron chi connectivity index (χ4n) is 2.36. The molecule has 0 fully saturated rings. The molecule has 0 aliphatic heterocycles. The number of fused-ring (bicyclic) bond motifs is 1. The van der Waals surface area contributed by atoms with Gasteiger partial charge in [-0.15, -0.1) is 11.3 Å². The molecule has 0 unspecified atom stereocenters. The zero-order valence-corrected chi connectivity index (χ0v) is 12.5. The van der Waals surface area contributed by atoms with Crippen LogP contribution in [0.1, 0.15) is 13.8 Å². The first kappa shape index (κ1) is 13.1. The second-order valence-electron chi connectivity index (χ2n) is 4.57. The Kier molecular flexibility index (Phi) is 3.65. The van der Waals surface area contributed by atoms with Crippen LogP contribution in [0.2, 0.25) is 0 Å². The minimum absolute atomic E-state index is 0.957. The van der Waals surface area contributed by atoms with Crippen molar-refractivity contribution in [3.05, 3.63) is 42.7 Å². The van der Waals surface area contributed by atoms with Gasteiger partial charge in [0.1, 0.15) is 17.0 Å². The molecule has 2 heterocycles. The summed E-state index contributed by atoms with van der Waals surface area (Å²) in [5.74, 6) is 1.04. The second kappa shape index (κ2) is 5.59. The number of anilines is 1. The first-order valence-electron chi connectivity index (χ1n) is 6.88. The van der Waals surface area contributed by atoms with Crippen molar-refractivity contribution in [2.45, 2.75) is 13.8 Å². The zero-order valence-electron chi connectivity index (χ0n) is 11.7. The monoisotopic (exact) mass is 283 g/mol. The summed E-state index contributed by atoms with van der Waals surface area (Å²) in [5, 5.41) is 1.15. The molecule has 3 nitrogen and oxygen atoms in total. The van der Waals surface area contributed by atoms with Gasteiger partial charge in [0.15, 0.2) is 0 Å². The lowest BCUT2D eigenvalue weighted by Crippen LogP contribution is -2.23. The van der Waals surface area contributed by atoms with Crippen LogP contribution in [-0.2, 0) is 0 Å². The lowest BCUT2D eigenvalue weighted by molar-refractivity contribution is 0.849. The molecule has 3 rings (SSSR count). The quantitative estimate of drug-likeness (QED) is 0.718. The highest BCUT2D eigenvalue weighted by atomic mass is 32.1. The predicted molar refractivity (Wildman–Crippen MR) is 86.4 cm³/mol. The van der Waals surface area contributed by atoms with Gasteiger partial charge in [-0.05, 0) is 25.5 Å². The van der Waals surface area contributed by atoms with Gasteiger partial charge in [0.2, 0.25) is 0 Å². The van der Waals surface area contributed by atoms with Crippen molar-refractivity contribution in [3.8, 4) is 10.4 Å². The van der Waals surface area contributed by atoms with E-state index in [1.54, 1.807) is 17.7 Å². The number of nitrogens with zero attached hydrogens (tertiary/aromatic N) is 3. The summed E-state index contributed by atoms with van der Waals surface area (Å²) < 4.78 is 0. The predicted octanol–water partition coefficient (Wildman–Crippen LogP) is 4.20. The summed E-state index contributed by atoms with van der Waals surface area (Å²) >= 11 is 1.73. The highest BCUT2D eigenvalue weighted by molar-refractivity contribution is 7.21. The molecule has 1 aromatic carbocycles. The molecular formula is C16H17N3S. The van der Waals surface area contributed by atoms with Gasteiger partial charge < -0.3 is 4.90 Å². The van der Waals surface area contributed by atoms with Crippen LogP contribution in [0.15, 0.2) is 42.7 Å². The first-order valence-corrected chi connectivity index (χ1v) is 7.70. The Hall–Kier alpha value is -1.94. The highest BCUT2D eigenvalue weighted by Crippen LogP contribution is 2.35. The summed E-state index contributed by atoms with van der Waals surface area (Å²) in [4.78, 5) is 13.5. The Morgan fingerprint density at radius 2 is 1.80 bits per heavy atom. The van der Waals surface area contributed by atoms with Gasteiger partial charge in [-0.3, -0.25) is 0 Å². The van der Waals surface area contributed by atoms with Crippen molar-refractivity contribution < 1.29 is 0 Å². The molecule has 0 atom stereocenters. The van der Waals surface area contributed by atoms with E-state index in [9.17, 15) is 0 Å². The van der Waals surface area contributed by atoms with Crippen LogP contribution in [0.5, 0.6) is 0 Å². The van der Waals surface area contributed by atoms with E-state index >= 15 is 0 Å². The third-order valence-corrected chi connectivity index (χ3v) is 4.52. The Bertz CT molecular complexity index is 702. The number of rotatable bonds is 4. The molecule has 0 radical (unpaired) electrons. The van der Waals surface area contributed by atoms with Gasteiger partial charge in [0.25, 0.3) is 0 Å². The number of aromatic nitrogens is 2. The van der Waals surface area contributed by atoms with Crippen molar-refractivity contribution >= 4 is 27.4 Å². The molecular weight excluding hydrogens is 266 g/mol. The Morgan fingerprint density at radius 3 is 2.50 bits per heavy atom. The van der Waals surface area contributed by atoms with E-state index in [1.807, 2.05) is 6.07 Å². The van der Waals surface area contributed by atoms with Crippen LogP contribution >= 0.6 is 11.3 Å². The molecule has 0 amide bonds. The maximum absolute atomic E-state index is 4.48. The van der Waals surface area contributed by atoms with Crippen LogP contribution in [0.25, 0.3) is 20.7 Å². The number of hydrogen-bond acceptors (Lipinski definition) is 4. The minimum atomic E-state index is 0.957. The van der Waals surface area contributed by atoms with Crippen molar-refractivity contribution in [1.29, 1.82) is 0 Å². The zero-order chi connectivity index (χ0) is 13.9. The fraction of sp³-hybridized carbons (Fsp3) is 0.250. The average Bonchev–Trinajstić information content (AvgIpc) is 2.94. The molecule has 0 spiro atoms. The Morgan fingerprint density at radius 1 is 1.05 bits per heavy atom. The molecule has 102 valence electrons. The first-order chi connectivity index (χ1) is 9.83.